The van der Waals surface area contributed by atoms with Crippen LogP contribution in [0.25, 0.3) is 11.1 Å². The lowest BCUT2D eigenvalue weighted by atomic mass is 10.1. The zero-order chi connectivity index (χ0) is 10.8. The second-order valence-electron chi connectivity index (χ2n) is 3.09. The molecule has 1 heterocycles. The average molecular weight is 240 g/mol. The summed E-state index contributed by atoms with van der Waals surface area (Å²) in [7, 11) is 0. The van der Waals surface area contributed by atoms with E-state index in [9.17, 15) is 4.79 Å². The lowest BCUT2D eigenvalue weighted by molar-refractivity contribution is 1.24. The van der Waals surface area contributed by atoms with Crippen molar-refractivity contribution in [2.45, 2.75) is 0 Å². The summed E-state index contributed by atoms with van der Waals surface area (Å²) >= 11 is 11.5. The summed E-state index contributed by atoms with van der Waals surface area (Å²) in [5, 5.41) is 0.988. The Labute approximate surface area is 96.5 Å². The van der Waals surface area contributed by atoms with Crippen LogP contribution in [0, 0.1) is 0 Å². The first-order valence-electron chi connectivity index (χ1n) is 4.31. The first-order chi connectivity index (χ1) is 7.15. The second-order valence-corrected chi connectivity index (χ2v) is 3.93. The highest BCUT2D eigenvalue weighted by molar-refractivity contribution is 6.30. The lowest BCUT2D eigenvalue weighted by Crippen LogP contribution is -2.03. The molecule has 0 aliphatic carbocycles. The predicted octanol–water partition coefficient (Wildman–Crippen LogP) is 3.35. The molecule has 15 heavy (non-hydrogen) atoms. The highest BCUT2D eigenvalue weighted by Crippen LogP contribution is 2.21. The van der Waals surface area contributed by atoms with Crippen molar-refractivity contribution < 1.29 is 0 Å². The van der Waals surface area contributed by atoms with Gasteiger partial charge in [0.15, 0.2) is 0 Å². The van der Waals surface area contributed by atoms with Crippen LogP contribution in [0.3, 0.4) is 0 Å². The van der Waals surface area contributed by atoms with Crippen LogP contribution in [-0.4, -0.2) is 4.98 Å². The Hall–Kier alpha value is -1.25. The van der Waals surface area contributed by atoms with E-state index in [1.807, 2.05) is 12.1 Å². The van der Waals surface area contributed by atoms with Crippen molar-refractivity contribution in [2.24, 2.45) is 0 Å². The van der Waals surface area contributed by atoms with Gasteiger partial charge in [-0.2, -0.15) is 0 Å². The number of hydrogen-bond donors (Lipinski definition) is 1. The maximum atomic E-state index is 11.2. The Bertz CT molecular complexity index is 531. The van der Waals surface area contributed by atoms with E-state index in [1.54, 1.807) is 18.2 Å². The summed E-state index contributed by atoms with van der Waals surface area (Å²) in [6.45, 7) is 0. The molecule has 0 atom stereocenters. The standard InChI is InChI=1S/C11H7Cl2NO/c12-9-3-1-7(2-4-9)8-5-10(13)14-11(15)6-8/h1-6H,(H,14,15). The molecule has 0 saturated heterocycles. The largest absolute Gasteiger partial charge is 0.313 e. The van der Waals surface area contributed by atoms with Crippen LogP contribution in [0.5, 0.6) is 0 Å². The summed E-state index contributed by atoms with van der Waals surface area (Å²) in [4.78, 5) is 13.7. The van der Waals surface area contributed by atoms with Gasteiger partial charge in [-0.1, -0.05) is 35.3 Å². The van der Waals surface area contributed by atoms with Crippen molar-refractivity contribution in [3.8, 4) is 11.1 Å². The fourth-order valence-electron chi connectivity index (χ4n) is 1.32. The Morgan fingerprint density at radius 2 is 1.60 bits per heavy atom. The molecule has 1 aromatic carbocycles. The third-order valence-electron chi connectivity index (χ3n) is 1.99. The topological polar surface area (TPSA) is 32.9 Å². The SMILES string of the molecule is O=c1cc(-c2ccc(Cl)cc2)cc(Cl)[nH]1. The van der Waals surface area contributed by atoms with Gasteiger partial charge in [0.25, 0.3) is 0 Å². The highest BCUT2D eigenvalue weighted by Gasteiger charge is 2.00. The smallest absolute Gasteiger partial charge is 0.249 e. The van der Waals surface area contributed by atoms with Crippen molar-refractivity contribution in [1.82, 2.24) is 4.98 Å². The minimum Gasteiger partial charge on any atom is -0.313 e. The molecule has 0 bridgehead atoms. The van der Waals surface area contributed by atoms with Gasteiger partial charge in [-0.25, -0.2) is 0 Å². The van der Waals surface area contributed by atoms with Gasteiger partial charge in [-0.3, -0.25) is 4.79 Å². The molecule has 4 heteroatoms. The molecule has 1 N–H and O–H groups in total. The molecule has 0 aliphatic rings. The Kier molecular flexibility index (Phi) is 2.80. The summed E-state index contributed by atoms with van der Waals surface area (Å²) in [6, 6.07) is 10.4. The monoisotopic (exact) mass is 239 g/mol. The molecule has 0 fully saturated rings. The van der Waals surface area contributed by atoms with E-state index < -0.39 is 0 Å². The van der Waals surface area contributed by atoms with Gasteiger partial charge in [0.1, 0.15) is 5.15 Å². The molecule has 0 spiro atoms. The maximum absolute atomic E-state index is 11.2. The third kappa shape index (κ3) is 2.41. The van der Waals surface area contributed by atoms with Crippen molar-refractivity contribution in [1.29, 1.82) is 0 Å². The third-order valence-corrected chi connectivity index (χ3v) is 2.44. The van der Waals surface area contributed by atoms with Crippen molar-refractivity contribution in [3.05, 3.63) is 56.9 Å². The molecular weight excluding hydrogens is 233 g/mol. The van der Waals surface area contributed by atoms with E-state index >= 15 is 0 Å². The number of nitrogens with one attached hydrogen (secondary N) is 1. The molecule has 0 unspecified atom stereocenters. The zero-order valence-corrected chi connectivity index (χ0v) is 9.14. The first kappa shape index (κ1) is 10.3. The number of pyridine rings is 1. The second kappa shape index (κ2) is 4.09. The van der Waals surface area contributed by atoms with E-state index in [0.717, 1.165) is 11.1 Å². The van der Waals surface area contributed by atoms with E-state index in [-0.39, 0.29) is 5.56 Å². The fraction of sp³-hybridized carbons (Fsp3) is 0. The average Bonchev–Trinajstić information content (AvgIpc) is 2.17. The van der Waals surface area contributed by atoms with Gasteiger partial charge >= 0.3 is 0 Å². The molecule has 0 aliphatic heterocycles. The van der Waals surface area contributed by atoms with Gasteiger partial charge in [-0.05, 0) is 29.3 Å². The van der Waals surface area contributed by atoms with Crippen LogP contribution in [0.15, 0.2) is 41.2 Å². The number of aromatic nitrogens is 1. The van der Waals surface area contributed by atoms with Crippen LogP contribution in [0.1, 0.15) is 0 Å². The van der Waals surface area contributed by atoms with Crippen LogP contribution < -0.4 is 5.56 Å². The van der Waals surface area contributed by atoms with Crippen molar-refractivity contribution >= 4 is 23.2 Å². The normalized spacial score (nSPS) is 10.3. The summed E-state index contributed by atoms with van der Waals surface area (Å²) < 4.78 is 0. The number of halogens is 2. The van der Waals surface area contributed by atoms with Gasteiger partial charge < -0.3 is 4.98 Å². The molecule has 2 nitrogen and oxygen atoms in total. The fourth-order valence-corrected chi connectivity index (χ4v) is 1.65. The lowest BCUT2D eigenvalue weighted by Gasteiger charge is -2.01. The van der Waals surface area contributed by atoms with Crippen LogP contribution in [-0.2, 0) is 0 Å². The zero-order valence-electron chi connectivity index (χ0n) is 7.63. The summed E-state index contributed by atoms with van der Waals surface area (Å²) in [6.07, 6.45) is 0. The van der Waals surface area contributed by atoms with Crippen LogP contribution in [0.4, 0.5) is 0 Å². The molecular formula is C11H7Cl2NO. The number of hydrogen-bond acceptors (Lipinski definition) is 1. The Morgan fingerprint density at radius 1 is 0.933 bits per heavy atom. The van der Waals surface area contributed by atoms with Gasteiger partial charge in [0, 0.05) is 11.1 Å². The molecule has 2 rings (SSSR count). The van der Waals surface area contributed by atoms with E-state index in [1.165, 1.54) is 6.07 Å². The molecule has 76 valence electrons. The number of aromatic amines is 1. The summed E-state index contributed by atoms with van der Waals surface area (Å²) in [5.41, 5.74) is 1.47. The van der Waals surface area contributed by atoms with Gasteiger partial charge in [0.05, 0.1) is 0 Å². The van der Waals surface area contributed by atoms with Gasteiger partial charge in [0.2, 0.25) is 5.56 Å². The van der Waals surface area contributed by atoms with E-state index in [0.29, 0.717) is 10.2 Å². The highest BCUT2D eigenvalue weighted by atomic mass is 35.5. The minimum absolute atomic E-state index is 0.215. The molecule has 2 aromatic rings. The predicted molar refractivity (Wildman–Crippen MR) is 62.5 cm³/mol. The number of benzene rings is 1. The minimum atomic E-state index is -0.215. The van der Waals surface area contributed by atoms with E-state index in [4.69, 9.17) is 23.2 Å². The van der Waals surface area contributed by atoms with E-state index in [2.05, 4.69) is 4.98 Å². The quantitative estimate of drug-likeness (QED) is 0.761. The number of rotatable bonds is 1. The summed E-state index contributed by atoms with van der Waals surface area (Å²) in [5.74, 6) is 0. The molecule has 0 amide bonds. The Balaban J connectivity index is 2.54. The van der Waals surface area contributed by atoms with Gasteiger partial charge in [-0.15, -0.1) is 0 Å². The van der Waals surface area contributed by atoms with Crippen LogP contribution in [0.2, 0.25) is 10.2 Å². The molecule has 1 aromatic heterocycles. The van der Waals surface area contributed by atoms with Crippen molar-refractivity contribution in [2.75, 3.05) is 0 Å². The Morgan fingerprint density at radius 3 is 2.20 bits per heavy atom. The first-order valence-corrected chi connectivity index (χ1v) is 5.06. The molecule has 0 radical (unpaired) electrons. The van der Waals surface area contributed by atoms with Crippen molar-refractivity contribution in [3.63, 3.8) is 0 Å². The number of H-pyrrole nitrogens is 1. The van der Waals surface area contributed by atoms with Crippen LogP contribution >= 0.6 is 23.2 Å². The molecule has 0 saturated carbocycles. The maximum Gasteiger partial charge on any atom is 0.249 e.